The van der Waals surface area contributed by atoms with Gasteiger partial charge < -0.3 is 70.6 Å². The molecule has 0 radical (unpaired) electrons. The van der Waals surface area contributed by atoms with Gasteiger partial charge in [0.15, 0.2) is 12.2 Å². The number of nitrogens with one attached hydrogen (secondary N) is 2. The zero-order valence-electron chi connectivity index (χ0n) is 25.3. The Morgan fingerprint density at radius 1 is 1.17 bits per heavy atom. The quantitative estimate of drug-likeness (QED) is 0.0278. The van der Waals surface area contributed by atoms with E-state index in [2.05, 4.69) is 16.9 Å². The minimum atomic E-state index is -1.72. The molecule has 1 fully saturated rings. The molecule has 0 aromatic rings. The van der Waals surface area contributed by atoms with Crippen molar-refractivity contribution in [2.75, 3.05) is 46.6 Å². The number of nitrogens with two attached hydrogens (primary N) is 1. The lowest BCUT2D eigenvalue weighted by Gasteiger charge is -2.42. The summed E-state index contributed by atoms with van der Waals surface area (Å²) in [5, 5.41) is 71.8. The first-order valence-corrected chi connectivity index (χ1v) is 14.5. The van der Waals surface area contributed by atoms with E-state index in [9.17, 15) is 40.2 Å². The van der Waals surface area contributed by atoms with Gasteiger partial charge in [-0.15, -0.1) is 6.58 Å². The van der Waals surface area contributed by atoms with Gasteiger partial charge in [-0.3, -0.25) is 4.99 Å². The van der Waals surface area contributed by atoms with Crippen molar-refractivity contribution in [3.8, 4) is 0 Å². The minimum Gasteiger partial charge on any atom is -0.478 e. The van der Waals surface area contributed by atoms with Crippen molar-refractivity contribution in [2.45, 2.75) is 43.4 Å². The number of aliphatic imine (C=N–C) groups is 1. The van der Waals surface area contributed by atoms with E-state index < -0.39 is 67.4 Å². The van der Waals surface area contributed by atoms with Gasteiger partial charge in [-0.2, -0.15) is 0 Å². The van der Waals surface area contributed by atoms with E-state index in [-0.39, 0.29) is 55.7 Å². The van der Waals surface area contributed by atoms with E-state index in [0.29, 0.717) is 16.9 Å². The molecule has 0 bridgehead atoms. The second-order valence-electron chi connectivity index (χ2n) is 10.6. The molecule has 46 heavy (non-hydrogen) atoms. The van der Waals surface area contributed by atoms with Gasteiger partial charge in [0, 0.05) is 19.1 Å². The van der Waals surface area contributed by atoms with Crippen LogP contribution < -0.4 is 16.0 Å². The number of hydrogen-bond acceptors (Lipinski definition) is 13. The maximum Gasteiger partial charge on any atom is 0.339 e. The Kier molecular flexibility index (Phi) is 13.9. The zero-order valence-corrected chi connectivity index (χ0v) is 25.3. The summed E-state index contributed by atoms with van der Waals surface area (Å²) >= 11 is 0. The normalized spacial score (nSPS) is 32.0. The van der Waals surface area contributed by atoms with Crippen LogP contribution in [-0.2, 0) is 28.5 Å². The van der Waals surface area contributed by atoms with E-state index in [0.717, 1.165) is 6.26 Å². The lowest BCUT2D eigenvalue weighted by atomic mass is 9.83. The van der Waals surface area contributed by atoms with E-state index >= 15 is 0 Å². The SMILES string of the molecule is C=CC1C(OC2OC(CO)C(O)C(O)C2O)OC=C(C(=O)OC)C1C=CC1=C[NH+](CCO)CC(C(=O)O)=C1NC(N)=NCCCO. The summed E-state index contributed by atoms with van der Waals surface area (Å²) in [6.07, 6.45) is -1.47. The third-order valence-corrected chi connectivity index (χ3v) is 7.61. The van der Waals surface area contributed by atoms with Crippen LogP contribution in [-0.4, -0.2) is 137 Å². The molecule has 256 valence electrons. The third-order valence-electron chi connectivity index (χ3n) is 7.61. The second kappa shape index (κ2) is 17.3. The number of guanidine groups is 1. The zero-order chi connectivity index (χ0) is 34.0. The Morgan fingerprint density at radius 2 is 1.91 bits per heavy atom. The predicted molar refractivity (Wildman–Crippen MR) is 158 cm³/mol. The molecule has 11 N–H and O–H groups in total. The van der Waals surface area contributed by atoms with Crippen LogP contribution in [0.5, 0.6) is 0 Å². The summed E-state index contributed by atoms with van der Waals surface area (Å²) < 4.78 is 21.9. The van der Waals surface area contributed by atoms with Crippen LogP contribution in [0.1, 0.15) is 6.42 Å². The van der Waals surface area contributed by atoms with Crippen molar-refractivity contribution in [1.82, 2.24) is 5.32 Å². The average Bonchev–Trinajstić information content (AvgIpc) is 3.04. The first-order chi connectivity index (χ1) is 22.0. The molecule has 1 saturated heterocycles. The standard InChI is InChI=1S/C29H42N4O13/c1-3-16-17(19(26(42)43-2)14-44-27(16)46-28-24(39)23(38)22(37)20(13-36)45-28)6-5-15-11-33(8-10-35)12-18(25(40)41)21(15)32-29(30)31-7-4-9-34/h3,5-6,11,14,16-17,20,22-24,27-28,34-39H,1,4,7-10,12-13H2,2H3,(H,40,41)(H3,30,31,32)/p+1. The Balaban J connectivity index is 2.01. The summed E-state index contributed by atoms with van der Waals surface area (Å²) in [5.74, 6) is -3.82. The number of methoxy groups -OCH3 is 1. The summed E-state index contributed by atoms with van der Waals surface area (Å²) in [5.41, 5.74) is 6.45. The largest absolute Gasteiger partial charge is 0.478 e. The first kappa shape index (κ1) is 36.8. The van der Waals surface area contributed by atoms with Gasteiger partial charge in [-0.25, -0.2) is 9.59 Å². The van der Waals surface area contributed by atoms with Crippen molar-refractivity contribution < 1.29 is 69.2 Å². The van der Waals surface area contributed by atoms with Gasteiger partial charge in [-0.05, 0) is 6.42 Å². The maximum atomic E-state index is 12.8. The number of carboxylic acids is 1. The highest BCUT2D eigenvalue weighted by Crippen LogP contribution is 2.36. The summed E-state index contributed by atoms with van der Waals surface area (Å²) in [6.45, 7) is 3.20. The van der Waals surface area contributed by atoms with Crippen molar-refractivity contribution in [3.05, 3.63) is 59.7 Å². The Morgan fingerprint density at radius 3 is 2.52 bits per heavy atom. The molecule has 0 aliphatic carbocycles. The molecule has 9 atom stereocenters. The highest BCUT2D eigenvalue weighted by atomic mass is 16.8. The molecule has 0 spiro atoms. The fourth-order valence-corrected chi connectivity index (χ4v) is 5.16. The number of carboxylic acid groups (broad SMARTS) is 1. The van der Waals surface area contributed by atoms with Crippen LogP contribution >= 0.6 is 0 Å². The number of carbonyl (C=O) groups excluding carboxylic acids is 1. The number of quaternary nitrogens is 1. The van der Waals surface area contributed by atoms with E-state index in [4.69, 9.17) is 29.8 Å². The molecule has 17 nitrogen and oxygen atoms in total. The summed E-state index contributed by atoms with van der Waals surface area (Å²) in [6, 6.07) is 0. The smallest absolute Gasteiger partial charge is 0.339 e. The van der Waals surface area contributed by atoms with Gasteiger partial charge in [0.05, 0.1) is 49.3 Å². The molecule has 3 aliphatic heterocycles. The van der Waals surface area contributed by atoms with Crippen LogP contribution in [0.2, 0.25) is 0 Å². The van der Waals surface area contributed by atoms with Crippen molar-refractivity contribution in [1.29, 1.82) is 0 Å². The number of carbonyl (C=O) groups is 2. The van der Waals surface area contributed by atoms with Crippen LogP contribution in [0.15, 0.2) is 64.7 Å². The number of nitrogens with zero attached hydrogens (tertiary/aromatic N) is 1. The van der Waals surface area contributed by atoms with Gasteiger partial charge in [0.2, 0.25) is 6.29 Å². The number of allylic oxidation sites excluding steroid dienone is 2. The maximum absolute atomic E-state index is 12.8. The number of aliphatic carboxylic acids is 1. The molecule has 3 aliphatic rings. The number of esters is 1. The average molecular weight is 656 g/mol. The Labute approximate surface area is 264 Å². The molecule has 0 aromatic carbocycles. The van der Waals surface area contributed by atoms with Gasteiger partial charge in [0.25, 0.3) is 0 Å². The number of aliphatic hydroxyl groups is 6. The van der Waals surface area contributed by atoms with Gasteiger partial charge >= 0.3 is 11.9 Å². The molecular formula is C29H43N4O13+. The molecule has 9 unspecified atom stereocenters. The van der Waals surface area contributed by atoms with E-state index in [1.807, 2.05) is 0 Å². The van der Waals surface area contributed by atoms with Crippen LogP contribution in [0.3, 0.4) is 0 Å². The monoisotopic (exact) mass is 655 g/mol. The number of aliphatic hydroxyl groups excluding tert-OH is 6. The number of ether oxygens (including phenoxy) is 4. The van der Waals surface area contributed by atoms with E-state index in [1.165, 1.54) is 19.3 Å². The van der Waals surface area contributed by atoms with Crippen LogP contribution in [0.4, 0.5) is 0 Å². The number of rotatable bonds is 14. The summed E-state index contributed by atoms with van der Waals surface area (Å²) in [7, 11) is 1.17. The molecule has 3 heterocycles. The fourth-order valence-electron chi connectivity index (χ4n) is 5.16. The lowest BCUT2D eigenvalue weighted by Crippen LogP contribution is -3.09. The van der Waals surface area contributed by atoms with Crippen molar-refractivity contribution in [2.24, 2.45) is 22.6 Å². The fraction of sp³-hybridized carbons (Fsp3) is 0.552. The molecule has 0 saturated carbocycles. The van der Waals surface area contributed by atoms with E-state index in [1.54, 1.807) is 12.3 Å². The number of hydrogen-bond donors (Lipinski definition) is 10. The second-order valence-corrected chi connectivity index (χ2v) is 10.6. The predicted octanol–water partition coefficient (Wildman–Crippen LogP) is -4.41. The molecule has 17 heteroatoms. The van der Waals surface area contributed by atoms with Gasteiger partial charge in [-0.1, -0.05) is 18.2 Å². The molecular weight excluding hydrogens is 612 g/mol. The Bertz CT molecular complexity index is 1250. The molecule has 3 rings (SSSR count). The molecule has 0 aromatic heterocycles. The Hall–Kier alpha value is -3.65. The van der Waals surface area contributed by atoms with Crippen LogP contribution in [0, 0.1) is 11.8 Å². The topological polar surface area (TPSA) is 268 Å². The van der Waals surface area contributed by atoms with Crippen molar-refractivity contribution in [3.63, 3.8) is 0 Å². The van der Waals surface area contributed by atoms with Crippen LogP contribution in [0.25, 0.3) is 0 Å². The lowest BCUT2D eigenvalue weighted by molar-refractivity contribution is -0.843. The van der Waals surface area contributed by atoms with Gasteiger partial charge in [0.1, 0.15) is 49.3 Å². The molecule has 0 amide bonds. The third kappa shape index (κ3) is 8.78. The highest BCUT2D eigenvalue weighted by molar-refractivity contribution is 5.92. The summed E-state index contributed by atoms with van der Waals surface area (Å²) in [4.78, 5) is 29.8. The van der Waals surface area contributed by atoms with Crippen molar-refractivity contribution >= 4 is 17.9 Å². The highest BCUT2D eigenvalue weighted by Gasteiger charge is 2.47. The first-order valence-electron chi connectivity index (χ1n) is 14.5. The minimum absolute atomic E-state index is 0.00830.